The van der Waals surface area contributed by atoms with Gasteiger partial charge in [0, 0.05) is 39.8 Å². The topological polar surface area (TPSA) is 68.3 Å². The molecule has 0 aliphatic rings. The van der Waals surface area contributed by atoms with E-state index in [-0.39, 0.29) is 62.7 Å². The molecule has 3 rings (SSSR count). The standard InChI is InChI=1S/C14H12N2O3.C2H6.CH3.Y/c1-8-5-3-4-6-9(8)10-12(17)11-14(19-7-15-11)16(2)13(10)18;1-2;;/h3-7,17H,1-2H3;1-2H3;1H3;/q;;-1;. The van der Waals surface area contributed by atoms with Gasteiger partial charge in [-0.05, 0) is 18.1 Å². The summed E-state index contributed by atoms with van der Waals surface area (Å²) in [5.74, 6) is -0.138. The van der Waals surface area contributed by atoms with Crippen LogP contribution in [0.1, 0.15) is 19.4 Å². The van der Waals surface area contributed by atoms with Crippen LogP contribution in [0.25, 0.3) is 22.4 Å². The minimum atomic E-state index is -0.309. The maximum absolute atomic E-state index is 12.4. The van der Waals surface area contributed by atoms with Gasteiger partial charge in [0.15, 0.2) is 17.7 Å². The molecule has 0 unspecified atom stereocenters. The Labute approximate surface area is 161 Å². The number of aryl methyl sites for hydroxylation is 2. The zero-order valence-corrected chi connectivity index (χ0v) is 17.0. The zero-order chi connectivity index (χ0) is 15.6. The van der Waals surface area contributed by atoms with Crippen LogP contribution in [0.15, 0.2) is 39.9 Å². The van der Waals surface area contributed by atoms with Crippen molar-refractivity contribution in [3.8, 4) is 16.9 Å². The molecule has 2 aromatic heterocycles. The Morgan fingerprint density at radius 3 is 2.43 bits per heavy atom. The number of benzene rings is 1. The summed E-state index contributed by atoms with van der Waals surface area (Å²) in [5.41, 5.74) is 2.11. The third-order valence-corrected chi connectivity index (χ3v) is 3.25. The molecule has 0 saturated carbocycles. The molecule has 0 aliphatic heterocycles. The molecule has 23 heavy (non-hydrogen) atoms. The first-order chi connectivity index (χ1) is 10.1. The fourth-order valence-electron chi connectivity index (χ4n) is 2.22. The Morgan fingerprint density at radius 1 is 1.22 bits per heavy atom. The number of pyridine rings is 1. The molecule has 5 nitrogen and oxygen atoms in total. The minimum absolute atomic E-state index is 0. The number of rotatable bonds is 1. The van der Waals surface area contributed by atoms with Gasteiger partial charge in [-0.1, -0.05) is 38.1 Å². The van der Waals surface area contributed by atoms with E-state index in [0.29, 0.717) is 11.1 Å². The summed E-state index contributed by atoms with van der Waals surface area (Å²) in [6, 6.07) is 7.40. The number of hydrogen-bond acceptors (Lipinski definition) is 4. The smallest absolute Gasteiger partial charge is 0.264 e. The molecule has 6 heteroatoms. The molecule has 0 spiro atoms. The van der Waals surface area contributed by atoms with Crippen LogP contribution in [0.3, 0.4) is 0 Å². The van der Waals surface area contributed by atoms with Crippen LogP contribution in [-0.4, -0.2) is 14.7 Å². The van der Waals surface area contributed by atoms with Crippen molar-refractivity contribution in [2.45, 2.75) is 20.8 Å². The predicted octanol–water partition coefficient (Wildman–Crippen LogP) is 3.68. The van der Waals surface area contributed by atoms with Crippen molar-refractivity contribution in [3.05, 3.63) is 54.0 Å². The molecule has 1 radical (unpaired) electrons. The summed E-state index contributed by atoms with van der Waals surface area (Å²) in [6.45, 7) is 5.89. The van der Waals surface area contributed by atoms with Gasteiger partial charge in [-0.2, -0.15) is 0 Å². The first kappa shape index (κ1) is 21.5. The SMILES string of the molecule is CC.Cc1ccccc1-c1c(O)c2ncoc2n(C)c1=O.[CH3-].[Y]. The maximum Gasteiger partial charge on any atom is 0.264 e. The summed E-state index contributed by atoms with van der Waals surface area (Å²) < 4.78 is 6.47. The Morgan fingerprint density at radius 2 is 1.83 bits per heavy atom. The third kappa shape index (κ3) is 3.73. The van der Waals surface area contributed by atoms with Crippen molar-refractivity contribution >= 4 is 11.2 Å². The van der Waals surface area contributed by atoms with Gasteiger partial charge in [0.2, 0.25) is 5.71 Å². The molecule has 0 atom stereocenters. The largest absolute Gasteiger partial charge is 0.505 e. The molecule has 0 aliphatic carbocycles. The fourth-order valence-corrected chi connectivity index (χ4v) is 2.22. The normalized spacial score (nSPS) is 9.39. The van der Waals surface area contributed by atoms with Crippen LogP contribution in [0, 0.1) is 14.4 Å². The Balaban J connectivity index is 0.00000117. The molecule has 1 N–H and O–H groups in total. The molecular weight excluding hydrogens is 369 g/mol. The van der Waals surface area contributed by atoms with Gasteiger partial charge in [-0.15, -0.1) is 0 Å². The van der Waals surface area contributed by atoms with Gasteiger partial charge in [0.1, 0.15) is 0 Å². The van der Waals surface area contributed by atoms with Crippen molar-refractivity contribution < 1.29 is 42.2 Å². The quantitative estimate of drug-likeness (QED) is 0.644. The van der Waals surface area contributed by atoms with E-state index in [1.165, 1.54) is 11.0 Å². The maximum atomic E-state index is 12.4. The Hall–Kier alpha value is -1.46. The second-order valence-electron chi connectivity index (χ2n) is 4.41. The molecule has 0 bridgehead atoms. The number of hydrogen-bond donors (Lipinski definition) is 1. The van der Waals surface area contributed by atoms with Crippen LogP contribution in [0.4, 0.5) is 0 Å². The van der Waals surface area contributed by atoms with Crippen molar-refractivity contribution in [2.75, 3.05) is 0 Å². The number of aromatic hydroxyl groups is 1. The van der Waals surface area contributed by atoms with E-state index in [2.05, 4.69) is 4.98 Å². The zero-order valence-electron chi connectivity index (χ0n) is 14.1. The van der Waals surface area contributed by atoms with E-state index < -0.39 is 0 Å². The van der Waals surface area contributed by atoms with Gasteiger partial charge in [0.05, 0.1) is 5.56 Å². The molecule has 121 valence electrons. The van der Waals surface area contributed by atoms with Crippen molar-refractivity contribution in [3.63, 3.8) is 0 Å². The molecule has 0 amide bonds. The van der Waals surface area contributed by atoms with E-state index in [1.54, 1.807) is 13.1 Å². The summed E-state index contributed by atoms with van der Waals surface area (Å²) >= 11 is 0. The minimum Gasteiger partial charge on any atom is -0.505 e. The van der Waals surface area contributed by atoms with Crippen molar-refractivity contribution in [2.24, 2.45) is 7.05 Å². The monoisotopic (exact) mass is 390 g/mol. The van der Waals surface area contributed by atoms with Gasteiger partial charge in [0.25, 0.3) is 5.56 Å². The van der Waals surface area contributed by atoms with Crippen LogP contribution in [0.5, 0.6) is 5.75 Å². The number of aromatic nitrogens is 2. The predicted molar refractivity (Wildman–Crippen MR) is 88.8 cm³/mol. The van der Waals surface area contributed by atoms with Crippen molar-refractivity contribution in [1.29, 1.82) is 0 Å². The second kappa shape index (κ2) is 8.99. The third-order valence-electron chi connectivity index (χ3n) is 3.25. The number of fused-ring (bicyclic) bond motifs is 1. The first-order valence-corrected chi connectivity index (χ1v) is 6.82. The van der Waals surface area contributed by atoms with Gasteiger partial charge in [-0.25, -0.2) is 4.98 Å². The van der Waals surface area contributed by atoms with E-state index in [1.807, 2.05) is 39.0 Å². The molecule has 3 aromatic rings. The molecule has 0 saturated heterocycles. The van der Waals surface area contributed by atoms with Crippen LogP contribution >= 0.6 is 0 Å². The summed E-state index contributed by atoms with van der Waals surface area (Å²) in [4.78, 5) is 16.3. The molecule has 2 heterocycles. The van der Waals surface area contributed by atoms with E-state index in [0.717, 1.165) is 5.56 Å². The Kier molecular flexibility index (Phi) is 8.42. The van der Waals surface area contributed by atoms with Crippen LogP contribution in [-0.2, 0) is 39.8 Å². The van der Waals surface area contributed by atoms with E-state index in [4.69, 9.17) is 4.42 Å². The first-order valence-electron chi connectivity index (χ1n) is 6.82. The number of nitrogens with zero attached hydrogens (tertiary/aromatic N) is 2. The average Bonchev–Trinajstić information content (AvgIpc) is 2.99. The fraction of sp³-hybridized carbons (Fsp3) is 0.235. The van der Waals surface area contributed by atoms with Crippen LogP contribution < -0.4 is 5.56 Å². The van der Waals surface area contributed by atoms with E-state index in [9.17, 15) is 9.90 Å². The van der Waals surface area contributed by atoms with E-state index >= 15 is 0 Å². The van der Waals surface area contributed by atoms with Gasteiger partial charge >= 0.3 is 0 Å². The summed E-state index contributed by atoms with van der Waals surface area (Å²) in [5, 5.41) is 10.3. The molecule has 0 fully saturated rings. The number of oxazole rings is 1. The molecular formula is C17H21N2O3Y-. The second-order valence-corrected chi connectivity index (χ2v) is 4.41. The Bertz CT molecular complexity index is 837. The van der Waals surface area contributed by atoms with Gasteiger partial charge in [-0.3, -0.25) is 9.36 Å². The summed E-state index contributed by atoms with van der Waals surface area (Å²) in [6.07, 6.45) is 1.21. The van der Waals surface area contributed by atoms with Crippen LogP contribution in [0.2, 0.25) is 0 Å². The average molecular weight is 390 g/mol. The van der Waals surface area contributed by atoms with Gasteiger partial charge < -0.3 is 17.0 Å². The molecule has 1 aromatic carbocycles. The van der Waals surface area contributed by atoms with Crippen molar-refractivity contribution in [1.82, 2.24) is 9.55 Å². The summed E-state index contributed by atoms with van der Waals surface area (Å²) in [7, 11) is 1.59.